The van der Waals surface area contributed by atoms with E-state index in [-0.39, 0.29) is 0 Å². The molecule has 0 spiro atoms. The molecule has 0 saturated carbocycles. The van der Waals surface area contributed by atoms with Gasteiger partial charge in [0.1, 0.15) is 24.6 Å². The largest absolute Gasteiger partial charge is 0.466 e. The molecule has 0 aliphatic carbocycles. The summed E-state index contributed by atoms with van der Waals surface area (Å²) >= 11 is 0. The van der Waals surface area contributed by atoms with Gasteiger partial charge in [0.2, 0.25) is 5.36 Å². The zero-order chi connectivity index (χ0) is 9.97. The van der Waals surface area contributed by atoms with Crippen LogP contribution in [0.5, 0.6) is 0 Å². The fraction of sp³-hybridized carbons (Fsp3) is 0.583. The van der Waals surface area contributed by atoms with Crippen molar-refractivity contribution in [3.05, 3.63) is 29.0 Å². The van der Waals surface area contributed by atoms with E-state index < -0.39 is 0 Å². The summed E-state index contributed by atoms with van der Waals surface area (Å²) in [5.74, 6) is 2.01. The van der Waals surface area contributed by atoms with Gasteiger partial charge in [-0.2, -0.15) is 0 Å². The van der Waals surface area contributed by atoms with Crippen molar-refractivity contribution in [2.24, 2.45) is 0 Å². The average Bonchev–Trinajstić information content (AvgIpc) is 2.18. The molecular formula is C12H18NO+. The molecule has 0 bridgehead atoms. The predicted octanol–water partition coefficient (Wildman–Crippen LogP) is 1.85. The highest BCUT2D eigenvalue weighted by atomic mass is 16.3. The van der Waals surface area contributed by atoms with Crippen molar-refractivity contribution in [2.75, 3.05) is 13.1 Å². The molecule has 0 N–H and O–H groups in total. The molecule has 2 heteroatoms. The van der Waals surface area contributed by atoms with Gasteiger partial charge in [-0.3, -0.25) is 0 Å². The second-order valence-electron chi connectivity index (χ2n) is 4.08. The Bertz CT molecular complexity index is 358. The summed E-state index contributed by atoms with van der Waals surface area (Å²) in [6, 6.07) is 4.27. The molecule has 1 aliphatic rings. The molecule has 1 saturated heterocycles. The monoisotopic (exact) mass is 192 g/mol. The zero-order valence-electron chi connectivity index (χ0n) is 9.05. The summed E-state index contributed by atoms with van der Waals surface area (Å²) in [6.07, 6.45) is 4.03. The second kappa shape index (κ2) is 3.99. The van der Waals surface area contributed by atoms with Crippen LogP contribution in [0.3, 0.4) is 0 Å². The summed E-state index contributed by atoms with van der Waals surface area (Å²) in [6.45, 7) is 6.42. The van der Waals surface area contributed by atoms with Crippen molar-refractivity contribution in [3.63, 3.8) is 0 Å². The molecule has 0 atom stereocenters. The van der Waals surface area contributed by atoms with Crippen LogP contribution in [-0.4, -0.2) is 13.1 Å². The topological polar surface area (TPSA) is 16.1 Å². The highest BCUT2D eigenvalue weighted by molar-refractivity contribution is 5.03. The van der Waals surface area contributed by atoms with Crippen LogP contribution in [0, 0.1) is 13.8 Å². The second-order valence-corrected chi connectivity index (χ2v) is 4.08. The number of hydrogen-bond donors (Lipinski definition) is 0. The maximum atomic E-state index is 5.48. The van der Waals surface area contributed by atoms with E-state index >= 15 is 0 Å². The first-order valence-electron chi connectivity index (χ1n) is 5.42. The molecule has 1 aromatic rings. The number of rotatable bonds is 0. The SMILES string of the molecule is Cc1cc(=[N+]2CCCCC2)cc(C)o1. The van der Waals surface area contributed by atoms with Crippen LogP contribution in [0.25, 0.3) is 0 Å². The molecule has 0 aromatic carbocycles. The molecule has 2 rings (SSSR count). The fourth-order valence-electron chi connectivity index (χ4n) is 2.11. The first-order valence-corrected chi connectivity index (χ1v) is 5.42. The van der Waals surface area contributed by atoms with E-state index in [1.54, 1.807) is 0 Å². The Morgan fingerprint density at radius 1 is 1.00 bits per heavy atom. The molecule has 1 aromatic heterocycles. The van der Waals surface area contributed by atoms with Crippen molar-refractivity contribution in [1.29, 1.82) is 0 Å². The van der Waals surface area contributed by atoms with Crippen molar-refractivity contribution in [1.82, 2.24) is 4.58 Å². The molecule has 1 fully saturated rings. The minimum atomic E-state index is 1.01. The van der Waals surface area contributed by atoms with E-state index in [0.29, 0.717) is 0 Å². The van der Waals surface area contributed by atoms with E-state index in [9.17, 15) is 0 Å². The highest BCUT2D eigenvalue weighted by Crippen LogP contribution is 2.02. The fourth-order valence-corrected chi connectivity index (χ4v) is 2.11. The van der Waals surface area contributed by atoms with Crippen LogP contribution >= 0.6 is 0 Å². The van der Waals surface area contributed by atoms with Crippen LogP contribution in [0.15, 0.2) is 16.5 Å². The van der Waals surface area contributed by atoms with Crippen molar-refractivity contribution in [2.45, 2.75) is 33.1 Å². The third-order valence-corrected chi connectivity index (χ3v) is 2.75. The van der Waals surface area contributed by atoms with Gasteiger partial charge in [0.25, 0.3) is 0 Å². The quantitative estimate of drug-likeness (QED) is 0.573. The van der Waals surface area contributed by atoms with Gasteiger partial charge in [-0.15, -0.1) is 0 Å². The molecule has 0 radical (unpaired) electrons. The van der Waals surface area contributed by atoms with Gasteiger partial charge < -0.3 is 4.42 Å². The third kappa shape index (κ3) is 2.06. The molecule has 76 valence electrons. The average molecular weight is 192 g/mol. The summed E-state index contributed by atoms with van der Waals surface area (Å²) < 4.78 is 7.94. The first-order chi connectivity index (χ1) is 6.75. The Morgan fingerprint density at radius 3 is 2.14 bits per heavy atom. The highest BCUT2D eigenvalue weighted by Gasteiger charge is 2.11. The number of hydrogen-bond acceptors (Lipinski definition) is 1. The summed E-state index contributed by atoms with van der Waals surface area (Å²) in [5, 5.41) is 1.32. The van der Waals surface area contributed by atoms with Crippen molar-refractivity contribution >= 4 is 0 Å². The van der Waals surface area contributed by atoms with Crippen molar-refractivity contribution in [3.8, 4) is 0 Å². The molecule has 14 heavy (non-hydrogen) atoms. The van der Waals surface area contributed by atoms with E-state index in [4.69, 9.17) is 4.42 Å². The van der Waals surface area contributed by atoms with Gasteiger partial charge >= 0.3 is 0 Å². The molecular weight excluding hydrogens is 174 g/mol. The lowest BCUT2D eigenvalue weighted by atomic mass is 10.1. The van der Waals surface area contributed by atoms with Gasteiger partial charge in [0.05, 0.1) is 0 Å². The van der Waals surface area contributed by atoms with Gasteiger partial charge in [0.15, 0.2) is 0 Å². The lowest BCUT2D eigenvalue weighted by Gasteiger charge is -2.09. The lowest BCUT2D eigenvalue weighted by Crippen LogP contribution is -2.34. The van der Waals surface area contributed by atoms with E-state index in [1.807, 2.05) is 13.8 Å². The van der Waals surface area contributed by atoms with Gasteiger partial charge in [-0.05, 0) is 20.3 Å². The molecule has 0 unspecified atom stereocenters. The summed E-state index contributed by atoms with van der Waals surface area (Å²) in [4.78, 5) is 0. The predicted molar refractivity (Wildman–Crippen MR) is 57.0 cm³/mol. The molecule has 1 aliphatic heterocycles. The Hall–Kier alpha value is -1.05. The first kappa shape index (κ1) is 9.50. The minimum Gasteiger partial charge on any atom is -0.466 e. The molecule has 2 nitrogen and oxygen atoms in total. The maximum Gasteiger partial charge on any atom is 0.206 e. The Labute approximate surface area is 84.9 Å². The summed E-state index contributed by atoms with van der Waals surface area (Å²) in [7, 11) is 0. The minimum absolute atomic E-state index is 1.01. The van der Waals surface area contributed by atoms with Crippen LogP contribution in [-0.2, 0) is 0 Å². The van der Waals surface area contributed by atoms with E-state index in [2.05, 4.69) is 16.7 Å². The lowest BCUT2D eigenvalue weighted by molar-refractivity contribution is 0.439. The van der Waals surface area contributed by atoms with E-state index in [1.165, 1.54) is 37.7 Å². The Morgan fingerprint density at radius 2 is 1.57 bits per heavy atom. The van der Waals surface area contributed by atoms with Crippen LogP contribution in [0.2, 0.25) is 0 Å². The normalized spacial score (nSPS) is 17.1. The van der Waals surface area contributed by atoms with Crippen molar-refractivity contribution < 1.29 is 4.42 Å². The number of aryl methyl sites for hydroxylation is 2. The smallest absolute Gasteiger partial charge is 0.206 e. The van der Waals surface area contributed by atoms with Crippen LogP contribution < -0.4 is 9.93 Å². The van der Waals surface area contributed by atoms with Gasteiger partial charge in [-0.25, -0.2) is 4.58 Å². The number of nitrogens with zero attached hydrogens (tertiary/aromatic N) is 1. The third-order valence-electron chi connectivity index (χ3n) is 2.75. The maximum absolute atomic E-state index is 5.48. The zero-order valence-corrected chi connectivity index (χ0v) is 9.05. The van der Waals surface area contributed by atoms with Crippen LogP contribution in [0.4, 0.5) is 0 Å². The molecule has 2 heterocycles. The molecule has 0 amide bonds. The number of piperidine rings is 1. The Balaban J connectivity index is 2.46. The standard InChI is InChI=1S/C12H18NO/c1-10-8-12(9-11(2)14-10)13-6-4-3-5-7-13/h8-9H,3-7H2,1-2H3/q+1. The summed E-state index contributed by atoms with van der Waals surface area (Å²) in [5.41, 5.74) is 0. The van der Waals surface area contributed by atoms with Gasteiger partial charge in [0, 0.05) is 25.0 Å². The van der Waals surface area contributed by atoms with Gasteiger partial charge in [-0.1, -0.05) is 0 Å². The van der Waals surface area contributed by atoms with Crippen LogP contribution in [0.1, 0.15) is 30.8 Å². The Kier molecular flexibility index (Phi) is 2.71. The van der Waals surface area contributed by atoms with E-state index in [0.717, 1.165) is 11.5 Å².